The third kappa shape index (κ3) is 2.98. The fourth-order valence-electron chi connectivity index (χ4n) is 2.16. The Balaban J connectivity index is 2.06. The molecule has 0 unspecified atom stereocenters. The molecule has 2 nitrogen and oxygen atoms in total. The summed E-state index contributed by atoms with van der Waals surface area (Å²) in [7, 11) is 0. The molecule has 0 bridgehead atoms. The van der Waals surface area contributed by atoms with E-state index in [0.29, 0.717) is 5.75 Å². The van der Waals surface area contributed by atoms with Crippen molar-refractivity contribution in [1.29, 1.82) is 0 Å². The summed E-state index contributed by atoms with van der Waals surface area (Å²) in [4.78, 5) is 0. The Hall–Kier alpha value is -1.36. The van der Waals surface area contributed by atoms with E-state index in [0.717, 1.165) is 31.0 Å². The van der Waals surface area contributed by atoms with E-state index in [-0.39, 0.29) is 6.61 Å². The first-order valence-corrected chi connectivity index (χ1v) is 8.02. The minimum absolute atomic E-state index is 0.0617. The first kappa shape index (κ1) is 14.6. The van der Waals surface area contributed by atoms with Crippen LogP contribution in [0.4, 0.5) is 0 Å². The van der Waals surface area contributed by atoms with E-state index in [2.05, 4.69) is 37.9 Å². The molecule has 3 rings (SSSR count). The van der Waals surface area contributed by atoms with Gasteiger partial charge in [0, 0.05) is 10.0 Å². The zero-order valence-corrected chi connectivity index (χ0v) is 14.2. The van der Waals surface area contributed by atoms with Crippen LogP contribution >= 0.6 is 31.9 Å². The molecule has 0 radical (unpaired) electrons. The maximum atomic E-state index is 9.42. The van der Waals surface area contributed by atoms with E-state index in [1.54, 1.807) is 0 Å². The van der Waals surface area contributed by atoms with E-state index in [1.165, 1.54) is 0 Å². The number of aliphatic hydroxyl groups is 1. The summed E-state index contributed by atoms with van der Waals surface area (Å²) in [5.41, 5.74) is 0.748. The van der Waals surface area contributed by atoms with Crippen molar-refractivity contribution >= 4 is 42.6 Å². The molecule has 0 aliphatic carbocycles. The molecule has 0 spiro atoms. The van der Waals surface area contributed by atoms with Crippen molar-refractivity contribution in [2.24, 2.45) is 0 Å². The maximum Gasteiger partial charge on any atom is 0.142 e. The van der Waals surface area contributed by atoms with Crippen molar-refractivity contribution in [1.82, 2.24) is 0 Å². The number of halogens is 2. The molecule has 21 heavy (non-hydrogen) atoms. The molecule has 0 aromatic heterocycles. The highest BCUT2D eigenvalue weighted by atomic mass is 79.9. The van der Waals surface area contributed by atoms with Crippen LogP contribution in [-0.4, -0.2) is 5.11 Å². The number of ether oxygens (including phenoxy) is 1. The summed E-state index contributed by atoms with van der Waals surface area (Å²) in [6, 6.07) is 17.6. The molecule has 0 fully saturated rings. The van der Waals surface area contributed by atoms with Crippen LogP contribution in [0.1, 0.15) is 5.56 Å². The van der Waals surface area contributed by atoms with Crippen LogP contribution in [0.5, 0.6) is 11.5 Å². The Morgan fingerprint density at radius 3 is 2.52 bits per heavy atom. The predicted octanol–water partition coefficient (Wildman–Crippen LogP) is 5.65. The van der Waals surface area contributed by atoms with Crippen molar-refractivity contribution in [3.8, 4) is 11.5 Å². The van der Waals surface area contributed by atoms with Gasteiger partial charge in [0.25, 0.3) is 0 Å². The largest absolute Gasteiger partial charge is 0.456 e. The SMILES string of the molecule is OCc1ccc(Br)cc1Oc1ccc2ccccc2c1Br. The van der Waals surface area contributed by atoms with Gasteiger partial charge in [0.1, 0.15) is 11.5 Å². The average molecular weight is 408 g/mol. The Morgan fingerprint density at radius 1 is 0.905 bits per heavy atom. The lowest BCUT2D eigenvalue weighted by atomic mass is 10.1. The van der Waals surface area contributed by atoms with Gasteiger partial charge >= 0.3 is 0 Å². The lowest BCUT2D eigenvalue weighted by molar-refractivity contribution is 0.276. The van der Waals surface area contributed by atoms with E-state index >= 15 is 0 Å². The van der Waals surface area contributed by atoms with Crippen molar-refractivity contribution in [2.75, 3.05) is 0 Å². The molecule has 4 heteroatoms. The fraction of sp³-hybridized carbons (Fsp3) is 0.0588. The predicted molar refractivity (Wildman–Crippen MR) is 91.8 cm³/mol. The Labute approximate surface area is 139 Å². The molecule has 0 heterocycles. The number of hydrogen-bond acceptors (Lipinski definition) is 2. The lowest BCUT2D eigenvalue weighted by Crippen LogP contribution is -1.93. The monoisotopic (exact) mass is 406 g/mol. The number of benzene rings is 3. The minimum Gasteiger partial charge on any atom is -0.456 e. The molecule has 106 valence electrons. The summed E-state index contributed by atoms with van der Waals surface area (Å²) in [6.45, 7) is -0.0617. The maximum absolute atomic E-state index is 9.42. The van der Waals surface area contributed by atoms with Gasteiger partial charge in [-0.25, -0.2) is 0 Å². The number of fused-ring (bicyclic) bond motifs is 1. The van der Waals surface area contributed by atoms with Gasteiger partial charge in [-0.2, -0.15) is 0 Å². The number of rotatable bonds is 3. The second kappa shape index (κ2) is 6.18. The Bertz CT molecular complexity index is 800. The van der Waals surface area contributed by atoms with E-state index in [9.17, 15) is 5.11 Å². The second-order valence-corrected chi connectivity index (χ2v) is 6.32. The third-order valence-electron chi connectivity index (χ3n) is 3.25. The summed E-state index contributed by atoms with van der Waals surface area (Å²) >= 11 is 7.03. The summed E-state index contributed by atoms with van der Waals surface area (Å²) in [6.07, 6.45) is 0. The van der Waals surface area contributed by atoms with E-state index in [4.69, 9.17) is 4.74 Å². The van der Waals surface area contributed by atoms with Crippen molar-refractivity contribution < 1.29 is 9.84 Å². The van der Waals surface area contributed by atoms with Gasteiger partial charge in [-0.15, -0.1) is 0 Å². The Kier molecular flexibility index (Phi) is 4.29. The molecule has 0 saturated carbocycles. The summed E-state index contributed by atoms with van der Waals surface area (Å²) in [5.74, 6) is 1.37. The molecule has 3 aromatic carbocycles. The molecule has 0 saturated heterocycles. The van der Waals surface area contributed by atoms with Gasteiger partial charge in [-0.3, -0.25) is 0 Å². The van der Waals surface area contributed by atoms with Crippen molar-refractivity contribution in [3.05, 3.63) is 69.1 Å². The first-order chi connectivity index (χ1) is 10.2. The van der Waals surface area contributed by atoms with Crippen LogP contribution < -0.4 is 4.74 Å². The molecular weight excluding hydrogens is 396 g/mol. The number of hydrogen-bond donors (Lipinski definition) is 1. The van der Waals surface area contributed by atoms with Crippen LogP contribution in [0, 0.1) is 0 Å². The van der Waals surface area contributed by atoms with Crippen LogP contribution in [0.15, 0.2) is 63.5 Å². The second-order valence-electron chi connectivity index (χ2n) is 4.61. The highest BCUT2D eigenvalue weighted by Crippen LogP contribution is 2.37. The van der Waals surface area contributed by atoms with Gasteiger partial charge in [-0.1, -0.05) is 52.3 Å². The van der Waals surface area contributed by atoms with Gasteiger partial charge in [0.05, 0.1) is 11.1 Å². The smallest absolute Gasteiger partial charge is 0.142 e. The standard InChI is InChI=1S/C17H12Br2O2/c18-13-7-5-12(10-20)16(9-13)21-15-8-6-11-3-1-2-4-14(11)17(15)19/h1-9,20H,10H2. The van der Waals surface area contributed by atoms with Crippen molar-refractivity contribution in [3.63, 3.8) is 0 Å². The molecule has 1 N–H and O–H groups in total. The van der Waals surface area contributed by atoms with Gasteiger partial charge in [-0.05, 0) is 44.9 Å². The van der Waals surface area contributed by atoms with Crippen LogP contribution in [0.3, 0.4) is 0 Å². The minimum atomic E-state index is -0.0617. The van der Waals surface area contributed by atoms with E-state index < -0.39 is 0 Å². The normalized spacial score (nSPS) is 10.8. The summed E-state index contributed by atoms with van der Waals surface area (Å²) in [5, 5.41) is 11.7. The van der Waals surface area contributed by atoms with Gasteiger partial charge in [0.15, 0.2) is 0 Å². The molecule has 0 atom stereocenters. The van der Waals surface area contributed by atoms with Crippen molar-refractivity contribution in [2.45, 2.75) is 6.61 Å². The highest BCUT2D eigenvalue weighted by molar-refractivity contribution is 9.11. The molecule has 0 aliphatic heterocycles. The van der Waals surface area contributed by atoms with Crippen LogP contribution in [0.2, 0.25) is 0 Å². The molecule has 0 aliphatic rings. The molecular formula is C17H12Br2O2. The van der Waals surface area contributed by atoms with Gasteiger partial charge < -0.3 is 9.84 Å². The zero-order chi connectivity index (χ0) is 14.8. The van der Waals surface area contributed by atoms with Crippen LogP contribution in [-0.2, 0) is 6.61 Å². The highest BCUT2D eigenvalue weighted by Gasteiger charge is 2.10. The zero-order valence-electron chi connectivity index (χ0n) is 11.0. The quantitative estimate of drug-likeness (QED) is 0.607. The third-order valence-corrected chi connectivity index (χ3v) is 4.56. The summed E-state index contributed by atoms with van der Waals surface area (Å²) < 4.78 is 7.80. The first-order valence-electron chi connectivity index (χ1n) is 6.43. The Morgan fingerprint density at radius 2 is 1.71 bits per heavy atom. The van der Waals surface area contributed by atoms with Crippen LogP contribution in [0.25, 0.3) is 10.8 Å². The lowest BCUT2D eigenvalue weighted by Gasteiger charge is -2.13. The average Bonchev–Trinajstić information content (AvgIpc) is 2.51. The molecule has 0 amide bonds. The van der Waals surface area contributed by atoms with E-state index in [1.807, 2.05) is 48.5 Å². The van der Waals surface area contributed by atoms with Gasteiger partial charge in [0.2, 0.25) is 0 Å². The topological polar surface area (TPSA) is 29.5 Å². The number of aliphatic hydroxyl groups excluding tert-OH is 1. The molecule has 3 aromatic rings. The fourth-order valence-corrected chi connectivity index (χ4v) is 3.08.